The zero-order valence-electron chi connectivity index (χ0n) is 30.1. The molecule has 4 fully saturated rings. The number of alkyl halides is 3. The number of allylic oxidation sites excluding steroid dienone is 3. The number of Topliss-reactive ketones (excluding diaryl/α,β-unsaturated/α-hetero) is 1. The van der Waals surface area contributed by atoms with Gasteiger partial charge in [0.2, 0.25) is 0 Å². The van der Waals surface area contributed by atoms with Crippen molar-refractivity contribution in [2.45, 2.75) is 111 Å². The van der Waals surface area contributed by atoms with Gasteiger partial charge in [-0.3, -0.25) is 4.79 Å². The van der Waals surface area contributed by atoms with Crippen LogP contribution in [0.15, 0.2) is 23.0 Å². The van der Waals surface area contributed by atoms with Gasteiger partial charge in [-0.1, -0.05) is 48.5 Å². The topological polar surface area (TPSA) is 110 Å². The summed E-state index contributed by atoms with van der Waals surface area (Å²) >= 11 is 0. The molecule has 49 heavy (non-hydrogen) atoms. The summed E-state index contributed by atoms with van der Waals surface area (Å²) in [6, 6.07) is 0. The maximum Gasteiger partial charge on any atom is 0.534 e. The number of ketones is 1. The van der Waals surface area contributed by atoms with E-state index in [2.05, 4.69) is 44.8 Å². The average Bonchev–Trinajstić information content (AvgIpc) is 3.27. The summed E-state index contributed by atoms with van der Waals surface area (Å²) in [4.78, 5) is 16.1. The number of carbonyl (C=O) groups excluding carboxylic acids is 1. The van der Waals surface area contributed by atoms with Gasteiger partial charge in [-0.2, -0.15) is 21.6 Å². The molecule has 0 spiro atoms. The quantitative estimate of drug-likeness (QED) is 0.237. The van der Waals surface area contributed by atoms with E-state index >= 15 is 0 Å². The number of sulfone groups is 1. The minimum absolute atomic E-state index is 0.0609. The number of hydrogen-bond donors (Lipinski definition) is 1. The minimum atomic E-state index is -5.77. The summed E-state index contributed by atoms with van der Waals surface area (Å²) in [5, 5.41) is 3.89. The number of nitrogens with zero attached hydrogens (tertiary/aromatic N) is 1. The molecule has 8 nitrogen and oxygen atoms in total. The highest BCUT2D eigenvalue weighted by Gasteiger charge is 2.70. The third kappa shape index (κ3) is 5.68. The van der Waals surface area contributed by atoms with E-state index in [4.69, 9.17) is 4.18 Å². The maximum absolute atomic E-state index is 13.9. The first-order valence-corrected chi connectivity index (χ1v) is 21.3. The lowest BCUT2D eigenvalue weighted by Gasteiger charge is -2.71. The van der Waals surface area contributed by atoms with Crippen molar-refractivity contribution in [3.8, 4) is 0 Å². The van der Waals surface area contributed by atoms with Crippen LogP contribution in [0.3, 0.4) is 0 Å². The van der Waals surface area contributed by atoms with E-state index in [0.29, 0.717) is 32.5 Å². The summed E-state index contributed by atoms with van der Waals surface area (Å²) in [5.41, 5.74) is -5.01. The molecule has 0 unspecified atom stereocenters. The molecular weight excluding hydrogens is 678 g/mol. The van der Waals surface area contributed by atoms with E-state index in [-0.39, 0.29) is 63.0 Å². The third-order valence-corrected chi connectivity index (χ3v) is 17.3. The van der Waals surface area contributed by atoms with Gasteiger partial charge in [0, 0.05) is 43.6 Å². The Morgan fingerprint density at radius 1 is 0.980 bits per heavy atom. The highest BCUT2D eigenvalue weighted by Crippen LogP contribution is 2.75. The van der Waals surface area contributed by atoms with Crippen molar-refractivity contribution in [2.24, 2.45) is 45.3 Å². The number of carbonyl (C=O) groups is 1. The Morgan fingerprint density at radius 3 is 2.24 bits per heavy atom. The van der Waals surface area contributed by atoms with Crippen molar-refractivity contribution in [1.82, 2.24) is 10.2 Å². The van der Waals surface area contributed by atoms with Gasteiger partial charge in [-0.25, -0.2) is 8.42 Å². The van der Waals surface area contributed by atoms with Crippen LogP contribution in [-0.4, -0.2) is 76.3 Å². The molecule has 5 aliphatic carbocycles. The van der Waals surface area contributed by atoms with Gasteiger partial charge in [-0.15, -0.1) is 0 Å². The zero-order chi connectivity index (χ0) is 36.2. The van der Waals surface area contributed by atoms with Gasteiger partial charge in [0.1, 0.15) is 5.76 Å². The molecule has 1 heterocycles. The number of nitrogens with one attached hydrogen (secondary N) is 1. The van der Waals surface area contributed by atoms with E-state index in [1.54, 1.807) is 6.08 Å². The molecule has 3 saturated carbocycles. The summed E-state index contributed by atoms with van der Waals surface area (Å²) in [5.74, 6) is 1.00. The summed E-state index contributed by atoms with van der Waals surface area (Å²) < 4.78 is 92.9. The highest BCUT2D eigenvalue weighted by molar-refractivity contribution is 7.91. The molecule has 6 rings (SSSR count). The third-order valence-electron chi connectivity index (χ3n) is 14.7. The lowest BCUT2D eigenvalue weighted by molar-refractivity contribution is -0.199. The second kappa shape index (κ2) is 11.8. The standard InChI is InChI=1S/C36H55F3N2O6S2/c1-23(2)29-25(42)22-35(40-16-17-41-18-20-48(43,44)21-19-41)15-14-33(6)24(30(29)35)8-9-27-32(5)12-11-28(47-49(45,46)36(37,38)39)31(3,4)26(32)10-13-34(27,33)7/h11,23-24,26-27,40H,8-10,12-22H2,1-7H3/t24-,26+,27-,32+,33-,34-,35-/m1/s1. The van der Waals surface area contributed by atoms with Crippen LogP contribution >= 0.6 is 0 Å². The molecule has 0 aromatic heterocycles. The zero-order valence-corrected chi connectivity index (χ0v) is 31.8. The Balaban J connectivity index is 1.29. The Labute approximate surface area is 291 Å². The van der Waals surface area contributed by atoms with Crippen LogP contribution < -0.4 is 5.32 Å². The largest absolute Gasteiger partial charge is 0.534 e. The molecule has 278 valence electrons. The van der Waals surface area contributed by atoms with Gasteiger partial charge >= 0.3 is 15.6 Å². The Hall–Kier alpha value is -1.44. The van der Waals surface area contributed by atoms with Crippen LogP contribution in [0.4, 0.5) is 13.2 Å². The predicted octanol–water partition coefficient (Wildman–Crippen LogP) is 6.40. The van der Waals surface area contributed by atoms with Crippen molar-refractivity contribution >= 4 is 25.7 Å². The Morgan fingerprint density at radius 2 is 1.63 bits per heavy atom. The highest BCUT2D eigenvalue weighted by atomic mass is 32.2. The fraction of sp³-hybridized carbons (Fsp3) is 0.861. The molecule has 13 heteroatoms. The SMILES string of the molecule is CC(C)C1=C2[C@H]3CC[C@@H]4[C@@]5(C)CC=C(OS(=O)(=O)C(F)(F)F)C(C)(C)[C@@H]5CC[C@@]4(C)[C@]3(C)CC[C@@]2(NCCN2CCS(=O)(=O)CC2)CC1=O. The van der Waals surface area contributed by atoms with Gasteiger partial charge in [0.25, 0.3) is 0 Å². The van der Waals surface area contributed by atoms with Crippen LogP contribution in [0, 0.1) is 45.3 Å². The van der Waals surface area contributed by atoms with E-state index in [1.165, 1.54) is 5.57 Å². The van der Waals surface area contributed by atoms with Crippen molar-refractivity contribution in [2.75, 3.05) is 37.7 Å². The first kappa shape index (κ1) is 37.3. The monoisotopic (exact) mass is 732 g/mol. The number of hydrogen-bond acceptors (Lipinski definition) is 8. The maximum atomic E-state index is 13.9. The summed E-state index contributed by atoms with van der Waals surface area (Å²) in [6.45, 7) is 17.5. The van der Waals surface area contributed by atoms with Crippen molar-refractivity contribution in [1.29, 1.82) is 0 Å². The minimum Gasteiger partial charge on any atom is -0.380 e. The molecule has 0 amide bonds. The second-order valence-corrected chi connectivity index (χ2v) is 21.5. The molecule has 0 bridgehead atoms. The van der Waals surface area contributed by atoms with Crippen LogP contribution in [0.1, 0.15) is 99.8 Å². The Bertz CT molecular complexity index is 1660. The van der Waals surface area contributed by atoms with Crippen molar-refractivity contribution in [3.63, 3.8) is 0 Å². The first-order valence-electron chi connectivity index (χ1n) is 18.1. The molecule has 1 aliphatic heterocycles. The van der Waals surface area contributed by atoms with Crippen molar-refractivity contribution < 1.29 is 39.0 Å². The van der Waals surface area contributed by atoms with Crippen LogP contribution in [0.25, 0.3) is 0 Å². The van der Waals surface area contributed by atoms with Crippen LogP contribution in [-0.2, 0) is 28.9 Å². The lowest BCUT2D eigenvalue weighted by atomic mass is 9.34. The molecule has 1 saturated heterocycles. The normalized spacial score (nSPS) is 40.7. The predicted molar refractivity (Wildman–Crippen MR) is 182 cm³/mol. The smallest absolute Gasteiger partial charge is 0.380 e. The molecule has 6 aliphatic rings. The number of halogens is 3. The molecule has 0 aromatic rings. The molecule has 1 N–H and O–H groups in total. The van der Waals surface area contributed by atoms with Crippen LogP contribution in [0.5, 0.6) is 0 Å². The molecule has 7 atom stereocenters. The average molecular weight is 733 g/mol. The Kier molecular flexibility index (Phi) is 8.98. The number of rotatable bonds is 7. The van der Waals surface area contributed by atoms with Gasteiger partial charge < -0.3 is 14.4 Å². The van der Waals surface area contributed by atoms with Crippen LogP contribution in [0.2, 0.25) is 0 Å². The van der Waals surface area contributed by atoms with Gasteiger partial charge in [0.05, 0.1) is 11.5 Å². The summed E-state index contributed by atoms with van der Waals surface area (Å²) in [7, 11) is -8.73. The second-order valence-electron chi connectivity index (χ2n) is 17.7. The van der Waals surface area contributed by atoms with Crippen molar-refractivity contribution in [3.05, 3.63) is 23.0 Å². The fourth-order valence-electron chi connectivity index (χ4n) is 12.1. The van der Waals surface area contributed by atoms with E-state index in [0.717, 1.165) is 50.6 Å². The molecular formula is C36H55F3N2O6S2. The van der Waals surface area contributed by atoms with Gasteiger partial charge in [-0.05, 0) is 102 Å². The molecule has 0 aromatic carbocycles. The summed E-state index contributed by atoms with van der Waals surface area (Å²) in [6.07, 6.45) is 7.76. The van der Waals surface area contributed by atoms with Gasteiger partial charge in [0.15, 0.2) is 15.6 Å². The number of fused-ring (bicyclic) bond motifs is 7. The lowest BCUT2D eigenvalue weighted by Crippen LogP contribution is -2.66. The van der Waals surface area contributed by atoms with E-state index in [9.17, 15) is 34.8 Å². The molecule has 0 radical (unpaired) electrons. The van der Waals surface area contributed by atoms with E-state index < -0.39 is 36.4 Å². The van der Waals surface area contributed by atoms with E-state index in [1.807, 2.05) is 13.8 Å². The first-order chi connectivity index (χ1) is 22.4. The fourth-order valence-corrected chi connectivity index (χ4v) is 14.0.